The Labute approximate surface area is 137 Å². The SMILES string of the molecule is CCC1C(=O)N(CC)c2ccc(C(O)c3ccc(C)cc3)cc21. The maximum atomic E-state index is 12.5. The molecule has 120 valence electrons. The van der Waals surface area contributed by atoms with Crippen LogP contribution in [-0.2, 0) is 4.79 Å². The minimum absolute atomic E-state index is 0.0879. The average Bonchev–Trinajstić information content (AvgIpc) is 2.84. The summed E-state index contributed by atoms with van der Waals surface area (Å²) in [6, 6.07) is 13.8. The molecule has 0 saturated heterocycles. The fraction of sp³-hybridized carbons (Fsp3) is 0.350. The van der Waals surface area contributed by atoms with Crippen molar-refractivity contribution in [3.63, 3.8) is 0 Å². The molecule has 2 unspecified atom stereocenters. The second-order valence-corrected chi connectivity index (χ2v) is 6.17. The van der Waals surface area contributed by atoms with Crippen molar-refractivity contribution in [3.05, 3.63) is 64.7 Å². The van der Waals surface area contributed by atoms with Gasteiger partial charge in [-0.2, -0.15) is 0 Å². The molecule has 0 aliphatic carbocycles. The van der Waals surface area contributed by atoms with Crippen LogP contribution in [0.3, 0.4) is 0 Å². The Balaban J connectivity index is 1.99. The maximum Gasteiger partial charge on any atom is 0.234 e. The third-order valence-corrected chi connectivity index (χ3v) is 4.72. The molecule has 1 amide bonds. The van der Waals surface area contributed by atoms with Gasteiger partial charge in [-0.25, -0.2) is 0 Å². The number of rotatable bonds is 4. The first kappa shape index (κ1) is 15.8. The third kappa shape index (κ3) is 2.66. The summed E-state index contributed by atoms with van der Waals surface area (Å²) in [5.41, 5.74) is 4.93. The van der Waals surface area contributed by atoms with Crippen molar-refractivity contribution in [2.45, 2.75) is 39.2 Å². The Morgan fingerprint density at radius 3 is 2.35 bits per heavy atom. The second kappa shape index (κ2) is 6.17. The summed E-state index contributed by atoms with van der Waals surface area (Å²) in [7, 11) is 0. The number of aliphatic hydroxyl groups is 1. The van der Waals surface area contributed by atoms with Crippen LogP contribution in [0.25, 0.3) is 0 Å². The highest BCUT2D eigenvalue weighted by Crippen LogP contribution is 2.40. The molecule has 2 aromatic carbocycles. The number of amides is 1. The molecule has 0 bridgehead atoms. The highest BCUT2D eigenvalue weighted by atomic mass is 16.3. The van der Waals surface area contributed by atoms with Gasteiger partial charge < -0.3 is 10.0 Å². The normalized spacial score (nSPS) is 18.2. The van der Waals surface area contributed by atoms with Crippen LogP contribution in [0.1, 0.15) is 54.5 Å². The van der Waals surface area contributed by atoms with E-state index in [2.05, 4.69) is 0 Å². The van der Waals surface area contributed by atoms with Crippen molar-refractivity contribution in [1.29, 1.82) is 0 Å². The first-order valence-corrected chi connectivity index (χ1v) is 8.26. The lowest BCUT2D eigenvalue weighted by Gasteiger charge is -2.16. The molecular weight excluding hydrogens is 286 g/mol. The van der Waals surface area contributed by atoms with Crippen LogP contribution < -0.4 is 4.90 Å². The van der Waals surface area contributed by atoms with Gasteiger partial charge in [-0.05, 0) is 49.1 Å². The summed E-state index contributed by atoms with van der Waals surface area (Å²) in [6.45, 7) is 6.74. The van der Waals surface area contributed by atoms with Gasteiger partial charge in [-0.15, -0.1) is 0 Å². The topological polar surface area (TPSA) is 40.5 Å². The van der Waals surface area contributed by atoms with E-state index in [0.29, 0.717) is 6.54 Å². The van der Waals surface area contributed by atoms with Crippen molar-refractivity contribution in [2.75, 3.05) is 11.4 Å². The number of aryl methyl sites for hydroxylation is 1. The molecule has 3 rings (SSSR count). The summed E-state index contributed by atoms with van der Waals surface area (Å²) in [5, 5.41) is 10.7. The van der Waals surface area contributed by atoms with E-state index in [1.807, 2.05) is 68.1 Å². The van der Waals surface area contributed by atoms with Gasteiger partial charge in [0.05, 0.1) is 5.92 Å². The van der Waals surface area contributed by atoms with Crippen LogP contribution in [0.15, 0.2) is 42.5 Å². The smallest absolute Gasteiger partial charge is 0.234 e. The molecule has 1 heterocycles. The Kier molecular flexibility index (Phi) is 4.22. The largest absolute Gasteiger partial charge is 0.384 e. The number of hydrogen-bond donors (Lipinski definition) is 1. The highest BCUT2D eigenvalue weighted by Gasteiger charge is 2.35. The van der Waals surface area contributed by atoms with E-state index in [4.69, 9.17) is 0 Å². The number of aliphatic hydroxyl groups excluding tert-OH is 1. The predicted octanol–water partition coefficient (Wildman–Crippen LogP) is 3.94. The Morgan fingerprint density at radius 1 is 1.09 bits per heavy atom. The van der Waals surface area contributed by atoms with Crippen LogP contribution in [0.4, 0.5) is 5.69 Å². The van der Waals surface area contributed by atoms with Gasteiger partial charge in [0.15, 0.2) is 0 Å². The summed E-state index contributed by atoms with van der Waals surface area (Å²) in [6.07, 6.45) is 0.121. The van der Waals surface area contributed by atoms with Crippen LogP contribution in [0.5, 0.6) is 0 Å². The number of likely N-dealkylation sites (N-methyl/N-ethyl adjacent to an activating group) is 1. The van der Waals surface area contributed by atoms with Gasteiger partial charge in [0.25, 0.3) is 0 Å². The predicted molar refractivity (Wildman–Crippen MR) is 92.7 cm³/mol. The standard InChI is InChI=1S/C20H23NO2/c1-4-16-17-12-15(10-11-18(17)21(5-2)20(16)23)19(22)14-8-6-13(3)7-9-14/h6-12,16,19,22H,4-5H2,1-3H3. The first-order chi connectivity index (χ1) is 11.1. The molecule has 0 spiro atoms. The summed E-state index contributed by atoms with van der Waals surface area (Å²) in [5.74, 6) is 0.0853. The van der Waals surface area contributed by atoms with Gasteiger partial charge in [-0.1, -0.05) is 42.8 Å². The molecule has 1 aliphatic rings. The van der Waals surface area contributed by atoms with Crippen molar-refractivity contribution >= 4 is 11.6 Å². The lowest BCUT2D eigenvalue weighted by molar-refractivity contribution is -0.119. The third-order valence-electron chi connectivity index (χ3n) is 4.72. The van der Waals surface area contributed by atoms with Gasteiger partial charge >= 0.3 is 0 Å². The van der Waals surface area contributed by atoms with E-state index < -0.39 is 6.10 Å². The monoisotopic (exact) mass is 309 g/mol. The van der Waals surface area contributed by atoms with Crippen molar-refractivity contribution in [3.8, 4) is 0 Å². The maximum absolute atomic E-state index is 12.5. The highest BCUT2D eigenvalue weighted by molar-refractivity contribution is 6.04. The average molecular weight is 309 g/mol. The zero-order valence-corrected chi connectivity index (χ0v) is 13.9. The van der Waals surface area contributed by atoms with Crippen molar-refractivity contribution in [1.82, 2.24) is 0 Å². The van der Waals surface area contributed by atoms with Crippen molar-refractivity contribution in [2.24, 2.45) is 0 Å². The molecule has 0 radical (unpaired) electrons. The van der Waals surface area contributed by atoms with E-state index in [0.717, 1.165) is 28.8 Å². The molecule has 3 nitrogen and oxygen atoms in total. The van der Waals surface area contributed by atoms with E-state index >= 15 is 0 Å². The second-order valence-electron chi connectivity index (χ2n) is 6.17. The molecule has 3 heteroatoms. The summed E-state index contributed by atoms with van der Waals surface area (Å²) < 4.78 is 0. The van der Waals surface area contributed by atoms with Gasteiger partial charge in [0, 0.05) is 12.2 Å². The van der Waals surface area contributed by atoms with Crippen LogP contribution >= 0.6 is 0 Å². The molecule has 23 heavy (non-hydrogen) atoms. The molecule has 2 atom stereocenters. The van der Waals surface area contributed by atoms with E-state index in [-0.39, 0.29) is 11.8 Å². The van der Waals surface area contributed by atoms with Crippen LogP contribution in [0, 0.1) is 6.92 Å². The van der Waals surface area contributed by atoms with E-state index in [1.54, 1.807) is 0 Å². The molecule has 0 saturated carbocycles. The fourth-order valence-corrected chi connectivity index (χ4v) is 3.37. The molecule has 0 aromatic heterocycles. The molecule has 1 aliphatic heterocycles. The number of nitrogens with zero attached hydrogens (tertiary/aromatic N) is 1. The van der Waals surface area contributed by atoms with Gasteiger partial charge in [0.1, 0.15) is 6.10 Å². The van der Waals surface area contributed by atoms with E-state index in [1.165, 1.54) is 5.56 Å². The summed E-state index contributed by atoms with van der Waals surface area (Å²) in [4.78, 5) is 14.3. The molecular formula is C20H23NO2. The lowest BCUT2D eigenvalue weighted by Crippen LogP contribution is -2.28. The number of carbonyl (C=O) groups excluding carboxylic acids is 1. The number of benzene rings is 2. The Bertz CT molecular complexity index is 721. The van der Waals surface area contributed by atoms with Gasteiger partial charge in [0.2, 0.25) is 5.91 Å². The van der Waals surface area contributed by atoms with Crippen LogP contribution in [-0.4, -0.2) is 17.6 Å². The fourth-order valence-electron chi connectivity index (χ4n) is 3.37. The zero-order valence-electron chi connectivity index (χ0n) is 13.9. The Hall–Kier alpha value is -2.13. The van der Waals surface area contributed by atoms with Crippen molar-refractivity contribution < 1.29 is 9.90 Å². The minimum Gasteiger partial charge on any atom is -0.384 e. The zero-order chi connectivity index (χ0) is 16.6. The quantitative estimate of drug-likeness (QED) is 0.929. The number of anilines is 1. The van der Waals surface area contributed by atoms with Crippen LogP contribution in [0.2, 0.25) is 0 Å². The summed E-state index contributed by atoms with van der Waals surface area (Å²) >= 11 is 0. The minimum atomic E-state index is -0.663. The number of hydrogen-bond acceptors (Lipinski definition) is 2. The Morgan fingerprint density at radius 2 is 1.74 bits per heavy atom. The molecule has 0 fully saturated rings. The lowest BCUT2D eigenvalue weighted by atomic mass is 9.93. The van der Waals surface area contributed by atoms with E-state index in [9.17, 15) is 9.90 Å². The molecule has 2 aromatic rings. The first-order valence-electron chi connectivity index (χ1n) is 8.26. The number of fused-ring (bicyclic) bond motifs is 1. The van der Waals surface area contributed by atoms with Gasteiger partial charge in [-0.3, -0.25) is 4.79 Å². The molecule has 1 N–H and O–H groups in total. The number of carbonyl (C=O) groups is 1.